The second kappa shape index (κ2) is 12.5. The number of ether oxygens (including phenoxy) is 2. The van der Waals surface area contributed by atoms with Crippen molar-refractivity contribution >= 4 is 23.8 Å². The molecule has 4 N–H and O–H groups in total. The van der Waals surface area contributed by atoms with Crippen molar-refractivity contribution in [3.05, 3.63) is 82.3 Å². The fourth-order valence-corrected chi connectivity index (χ4v) is 3.30. The average molecular weight is 522 g/mol. The zero-order valence-corrected chi connectivity index (χ0v) is 21.7. The van der Waals surface area contributed by atoms with Crippen molar-refractivity contribution in [1.82, 2.24) is 20.8 Å². The number of nitrogens with zero attached hydrogens (tertiary/aromatic N) is 1. The predicted octanol–water partition coefficient (Wildman–Crippen LogP) is 3.57. The first-order chi connectivity index (χ1) is 18.0. The van der Waals surface area contributed by atoms with Gasteiger partial charge < -0.3 is 20.1 Å². The van der Waals surface area contributed by atoms with Crippen molar-refractivity contribution in [2.24, 2.45) is 5.41 Å². The summed E-state index contributed by atoms with van der Waals surface area (Å²) in [6.07, 6.45) is -2.11. The molecule has 11 heteroatoms. The lowest BCUT2D eigenvalue weighted by Gasteiger charge is -2.25. The molecule has 0 saturated heterocycles. The van der Waals surface area contributed by atoms with Crippen LogP contribution in [0.15, 0.2) is 65.5 Å². The lowest BCUT2D eigenvalue weighted by Crippen LogP contribution is -2.52. The fourth-order valence-electron chi connectivity index (χ4n) is 3.30. The van der Waals surface area contributed by atoms with Crippen LogP contribution in [0.5, 0.6) is 0 Å². The summed E-state index contributed by atoms with van der Waals surface area (Å²) < 4.78 is 9.88. The molecule has 38 heavy (non-hydrogen) atoms. The third-order valence-corrected chi connectivity index (χ3v) is 5.39. The normalized spacial score (nSPS) is 11.7. The zero-order chi connectivity index (χ0) is 27.7. The summed E-state index contributed by atoms with van der Waals surface area (Å²) in [5.74, 6) is -0.288. The molecular weight excluding hydrogens is 490 g/mol. The van der Waals surface area contributed by atoms with E-state index >= 15 is 0 Å². The second-order valence-corrected chi connectivity index (χ2v) is 9.48. The van der Waals surface area contributed by atoms with Gasteiger partial charge in [0.1, 0.15) is 12.8 Å². The van der Waals surface area contributed by atoms with Crippen LogP contribution in [0.25, 0.3) is 11.1 Å². The molecule has 0 saturated carbocycles. The number of amides is 3. The number of carbonyl (C=O) groups is 3. The fraction of sp³-hybridized carbons (Fsp3) is 0.296. The average Bonchev–Trinajstić information content (AvgIpc) is 2.89. The first kappa shape index (κ1) is 27.9. The Morgan fingerprint density at radius 1 is 0.974 bits per heavy atom. The molecule has 1 heterocycles. The van der Waals surface area contributed by atoms with E-state index in [4.69, 9.17) is 4.74 Å². The van der Waals surface area contributed by atoms with Crippen molar-refractivity contribution in [2.75, 3.05) is 12.4 Å². The Morgan fingerprint density at radius 2 is 1.66 bits per heavy atom. The van der Waals surface area contributed by atoms with Gasteiger partial charge in [-0.15, -0.1) is 0 Å². The van der Waals surface area contributed by atoms with E-state index in [9.17, 15) is 19.2 Å². The Hall–Kier alpha value is -4.67. The van der Waals surface area contributed by atoms with E-state index < -0.39 is 29.3 Å². The zero-order valence-electron chi connectivity index (χ0n) is 21.7. The van der Waals surface area contributed by atoms with E-state index in [0.717, 1.165) is 5.56 Å². The molecule has 3 amide bonds. The van der Waals surface area contributed by atoms with E-state index in [1.165, 1.54) is 7.11 Å². The molecule has 2 aromatic carbocycles. The SMILES string of the molecule is COC(=O)Nc1ccc(-c2cc(C[C@H](NC(=O)OCc3ccccc3)NC(=O)C(C)(C)C)n[nH]c2=O)cc1. The number of rotatable bonds is 8. The highest BCUT2D eigenvalue weighted by molar-refractivity contribution is 5.85. The van der Waals surface area contributed by atoms with Crippen LogP contribution < -0.4 is 21.5 Å². The van der Waals surface area contributed by atoms with Gasteiger partial charge in [0.15, 0.2) is 0 Å². The minimum Gasteiger partial charge on any atom is -0.453 e. The van der Waals surface area contributed by atoms with Crippen molar-refractivity contribution < 1.29 is 23.9 Å². The monoisotopic (exact) mass is 521 g/mol. The number of methoxy groups -OCH3 is 1. The number of carbonyl (C=O) groups excluding carboxylic acids is 3. The third-order valence-electron chi connectivity index (χ3n) is 5.39. The molecule has 1 atom stereocenters. The molecule has 11 nitrogen and oxygen atoms in total. The minimum absolute atomic E-state index is 0.0640. The number of nitrogens with one attached hydrogen (secondary N) is 4. The molecule has 3 aromatic rings. The first-order valence-corrected chi connectivity index (χ1v) is 11.9. The van der Waals surface area contributed by atoms with Crippen molar-refractivity contribution in [3.63, 3.8) is 0 Å². The summed E-state index contributed by atoms with van der Waals surface area (Å²) in [6.45, 7) is 5.32. The molecule has 0 spiro atoms. The number of aromatic amines is 1. The molecular formula is C27H31N5O6. The largest absolute Gasteiger partial charge is 0.453 e. The van der Waals surface area contributed by atoms with Gasteiger partial charge in [-0.05, 0) is 29.3 Å². The topological polar surface area (TPSA) is 152 Å². The molecule has 1 aromatic heterocycles. The second-order valence-electron chi connectivity index (χ2n) is 9.48. The number of hydrogen-bond donors (Lipinski definition) is 4. The standard InChI is InChI=1S/C27H31N5O6/c1-27(2,3)24(34)29-22(30-26(36)38-16-17-8-6-5-7-9-17)15-20-14-21(23(33)32-31-20)18-10-12-19(13-11-18)28-25(35)37-4/h5-14,22H,15-16H2,1-4H3,(H,28,35)(H,29,34)(H,30,36)(H,32,33)/t22-/m0/s1. The van der Waals surface area contributed by atoms with Crippen LogP contribution in [0.4, 0.5) is 15.3 Å². The number of alkyl carbamates (subject to hydrolysis) is 1. The number of aromatic nitrogens is 2. The maximum Gasteiger partial charge on any atom is 0.411 e. The Bertz CT molecular complexity index is 1320. The van der Waals surface area contributed by atoms with E-state index in [0.29, 0.717) is 22.5 Å². The molecule has 3 rings (SSSR count). The van der Waals surface area contributed by atoms with Crippen LogP contribution in [0, 0.1) is 5.41 Å². The van der Waals surface area contributed by atoms with Crippen LogP contribution >= 0.6 is 0 Å². The highest BCUT2D eigenvalue weighted by Crippen LogP contribution is 2.19. The quantitative estimate of drug-likeness (QED) is 0.331. The Kier molecular flexibility index (Phi) is 9.20. The molecule has 0 fully saturated rings. The van der Waals surface area contributed by atoms with Gasteiger partial charge in [0.25, 0.3) is 5.56 Å². The number of benzene rings is 2. The van der Waals surface area contributed by atoms with Gasteiger partial charge in [-0.2, -0.15) is 5.10 Å². The molecule has 0 bridgehead atoms. The third kappa shape index (κ3) is 8.19. The van der Waals surface area contributed by atoms with Crippen molar-refractivity contribution in [1.29, 1.82) is 0 Å². The molecule has 0 radical (unpaired) electrons. The maximum absolute atomic E-state index is 12.7. The number of hydrogen-bond acceptors (Lipinski definition) is 7. The van der Waals surface area contributed by atoms with Gasteiger partial charge in [0, 0.05) is 17.5 Å². The van der Waals surface area contributed by atoms with Crippen molar-refractivity contribution in [2.45, 2.75) is 40.0 Å². The van der Waals surface area contributed by atoms with Crippen LogP contribution in [0.1, 0.15) is 32.0 Å². The Morgan fingerprint density at radius 3 is 2.29 bits per heavy atom. The number of H-pyrrole nitrogens is 1. The smallest absolute Gasteiger partial charge is 0.411 e. The first-order valence-electron chi connectivity index (χ1n) is 11.9. The van der Waals surface area contributed by atoms with Crippen LogP contribution in [-0.2, 0) is 27.3 Å². The van der Waals surface area contributed by atoms with Gasteiger partial charge >= 0.3 is 12.2 Å². The van der Waals surface area contributed by atoms with E-state index in [1.54, 1.807) is 51.1 Å². The minimum atomic E-state index is -0.858. The predicted molar refractivity (Wildman–Crippen MR) is 141 cm³/mol. The summed E-state index contributed by atoms with van der Waals surface area (Å²) in [5, 5.41) is 14.6. The molecule has 0 aliphatic carbocycles. The van der Waals surface area contributed by atoms with Gasteiger partial charge in [-0.25, -0.2) is 14.7 Å². The molecule has 0 unspecified atom stereocenters. The van der Waals surface area contributed by atoms with Gasteiger partial charge in [-0.1, -0.05) is 63.2 Å². The van der Waals surface area contributed by atoms with Crippen molar-refractivity contribution in [3.8, 4) is 11.1 Å². The van der Waals surface area contributed by atoms with Gasteiger partial charge in [0.05, 0.1) is 18.4 Å². The number of anilines is 1. The van der Waals surface area contributed by atoms with Gasteiger partial charge in [-0.3, -0.25) is 14.9 Å². The molecule has 0 aliphatic heterocycles. The summed E-state index contributed by atoms with van der Waals surface area (Å²) in [5.41, 5.74) is 1.50. The Balaban J connectivity index is 1.77. The van der Waals surface area contributed by atoms with E-state index in [2.05, 4.69) is 30.9 Å². The van der Waals surface area contributed by atoms with Gasteiger partial charge in [0.2, 0.25) is 5.91 Å². The highest BCUT2D eigenvalue weighted by Gasteiger charge is 2.26. The highest BCUT2D eigenvalue weighted by atomic mass is 16.5. The summed E-state index contributed by atoms with van der Waals surface area (Å²) in [7, 11) is 1.26. The van der Waals surface area contributed by atoms with E-state index in [1.807, 2.05) is 30.3 Å². The van der Waals surface area contributed by atoms with Crippen LogP contribution in [0.2, 0.25) is 0 Å². The maximum atomic E-state index is 12.7. The molecule has 0 aliphatic rings. The van der Waals surface area contributed by atoms with Crippen LogP contribution in [-0.4, -0.2) is 41.6 Å². The lowest BCUT2D eigenvalue weighted by molar-refractivity contribution is -0.129. The van der Waals surface area contributed by atoms with E-state index in [-0.39, 0.29) is 18.9 Å². The van der Waals surface area contributed by atoms with Crippen LogP contribution in [0.3, 0.4) is 0 Å². The summed E-state index contributed by atoms with van der Waals surface area (Å²) in [6, 6.07) is 17.4. The summed E-state index contributed by atoms with van der Waals surface area (Å²) in [4.78, 5) is 49.1. The lowest BCUT2D eigenvalue weighted by atomic mass is 9.95. The summed E-state index contributed by atoms with van der Waals surface area (Å²) >= 11 is 0. The Labute approximate surface area is 219 Å². The molecule has 200 valence electrons.